The Labute approximate surface area is 108 Å². The summed E-state index contributed by atoms with van der Waals surface area (Å²) in [6, 6.07) is 3.98. The maximum absolute atomic E-state index is 11.6. The first kappa shape index (κ1) is 13.1. The van der Waals surface area contributed by atoms with Crippen LogP contribution in [-0.4, -0.2) is 17.2 Å². The molecule has 0 radical (unpaired) electrons. The average Bonchev–Trinajstić information content (AvgIpc) is 2.81. The monoisotopic (exact) mass is 249 g/mol. The fourth-order valence-corrected chi connectivity index (χ4v) is 2.76. The van der Waals surface area contributed by atoms with Crippen LogP contribution in [0.25, 0.3) is 0 Å². The highest BCUT2D eigenvalue weighted by atomic mass is 16.1. The molecule has 0 amide bonds. The number of anilines is 1. The van der Waals surface area contributed by atoms with Crippen LogP contribution >= 0.6 is 0 Å². The molecule has 1 heterocycles. The molecule has 2 unspecified atom stereocenters. The van der Waals surface area contributed by atoms with Gasteiger partial charge in [0.15, 0.2) is 0 Å². The van der Waals surface area contributed by atoms with Crippen molar-refractivity contribution in [2.24, 2.45) is 11.7 Å². The first-order valence-electron chi connectivity index (χ1n) is 6.91. The van der Waals surface area contributed by atoms with Crippen LogP contribution in [0.15, 0.2) is 23.1 Å². The second kappa shape index (κ2) is 6.05. The van der Waals surface area contributed by atoms with Crippen molar-refractivity contribution in [3.63, 3.8) is 0 Å². The summed E-state index contributed by atoms with van der Waals surface area (Å²) in [6.07, 6.45) is 6.53. The molecule has 0 aromatic carbocycles. The third-order valence-corrected chi connectivity index (χ3v) is 3.76. The van der Waals surface area contributed by atoms with E-state index in [0.717, 1.165) is 25.2 Å². The molecule has 3 N–H and O–H groups in total. The molecular formula is C14H23N3O. The first-order chi connectivity index (χ1) is 8.74. The van der Waals surface area contributed by atoms with E-state index in [1.165, 1.54) is 19.3 Å². The predicted molar refractivity (Wildman–Crippen MR) is 74.8 cm³/mol. The van der Waals surface area contributed by atoms with E-state index in [0.29, 0.717) is 12.0 Å². The molecule has 18 heavy (non-hydrogen) atoms. The van der Waals surface area contributed by atoms with Crippen LogP contribution < -0.4 is 16.6 Å². The van der Waals surface area contributed by atoms with E-state index < -0.39 is 0 Å². The van der Waals surface area contributed by atoms with Gasteiger partial charge in [-0.25, -0.2) is 0 Å². The van der Waals surface area contributed by atoms with E-state index in [1.54, 1.807) is 10.6 Å². The zero-order chi connectivity index (χ0) is 13.0. The van der Waals surface area contributed by atoms with Gasteiger partial charge in [-0.15, -0.1) is 0 Å². The largest absolute Gasteiger partial charge is 0.381 e. The fraction of sp³-hybridized carbons (Fsp3) is 0.643. The van der Waals surface area contributed by atoms with Crippen molar-refractivity contribution in [1.29, 1.82) is 0 Å². The standard InChI is InChI=1S/C14H23N3O/c1-2-8-17-10-12(6-7-14(17)18)16-13-5-3-4-11(13)9-15/h6-7,10-11,13,16H,2-5,8-9,15H2,1H3. The Kier molecular flexibility index (Phi) is 4.42. The Morgan fingerprint density at radius 1 is 1.44 bits per heavy atom. The number of pyridine rings is 1. The van der Waals surface area contributed by atoms with Gasteiger partial charge in [0.2, 0.25) is 0 Å². The number of aromatic nitrogens is 1. The third kappa shape index (κ3) is 2.93. The Balaban J connectivity index is 2.09. The Bertz CT molecular complexity index is 441. The summed E-state index contributed by atoms with van der Waals surface area (Å²) in [5, 5.41) is 3.53. The number of rotatable bonds is 5. The molecule has 100 valence electrons. The van der Waals surface area contributed by atoms with Crippen LogP contribution in [0.5, 0.6) is 0 Å². The lowest BCUT2D eigenvalue weighted by Gasteiger charge is -2.21. The molecule has 2 atom stereocenters. The maximum Gasteiger partial charge on any atom is 0.250 e. The minimum Gasteiger partial charge on any atom is -0.381 e. The highest BCUT2D eigenvalue weighted by Gasteiger charge is 2.25. The molecule has 1 saturated carbocycles. The Morgan fingerprint density at radius 2 is 2.28 bits per heavy atom. The summed E-state index contributed by atoms with van der Waals surface area (Å²) in [4.78, 5) is 11.6. The number of nitrogens with zero attached hydrogens (tertiary/aromatic N) is 1. The zero-order valence-corrected chi connectivity index (χ0v) is 11.1. The number of hydrogen-bond donors (Lipinski definition) is 2. The van der Waals surface area contributed by atoms with E-state index in [-0.39, 0.29) is 5.56 Å². The summed E-state index contributed by atoms with van der Waals surface area (Å²) >= 11 is 0. The molecule has 0 aliphatic heterocycles. The predicted octanol–water partition coefficient (Wildman–Crippen LogP) is 1.80. The second-order valence-electron chi connectivity index (χ2n) is 5.13. The van der Waals surface area contributed by atoms with E-state index in [4.69, 9.17) is 5.73 Å². The van der Waals surface area contributed by atoms with E-state index in [9.17, 15) is 4.79 Å². The van der Waals surface area contributed by atoms with Gasteiger partial charge in [-0.2, -0.15) is 0 Å². The molecule has 4 heteroatoms. The molecule has 1 aromatic rings. The van der Waals surface area contributed by atoms with Gasteiger partial charge in [0.25, 0.3) is 5.56 Å². The minimum atomic E-state index is 0.0733. The number of nitrogens with two attached hydrogens (primary N) is 1. The van der Waals surface area contributed by atoms with Gasteiger partial charge in [-0.1, -0.05) is 13.3 Å². The van der Waals surface area contributed by atoms with Crippen molar-refractivity contribution in [3.8, 4) is 0 Å². The highest BCUT2D eigenvalue weighted by Crippen LogP contribution is 2.27. The van der Waals surface area contributed by atoms with E-state index in [2.05, 4.69) is 12.2 Å². The topological polar surface area (TPSA) is 60.1 Å². The lowest BCUT2D eigenvalue weighted by atomic mass is 10.0. The van der Waals surface area contributed by atoms with Gasteiger partial charge >= 0.3 is 0 Å². The lowest BCUT2D eigenvalue weighted by Crippen LogP contribution is -2.30. The van der Waals surface area contributed by atoms with Crippen molar-refractivity contribution in [1.82, 2.24) is 4.57 Å². The van der Waals surface area contributed by atoms with Crippen LogP contribution in [0, 0.1) is 5.92 Å². The van der Waals surface area contributed by atoms with Crippen molar-refractivity contribution < 1.29 is 0 Å². The highest BCUT2D eigenvalue weighted by molar-refractivity contribution is 5.41. The summed E-state index contributed by atoms with van der Waals surface area (Å²) in [7, 11) is 0. The van der Waals surface area contributed by atoms with Crippen molar-refractivity contribution in [2.75, 3.05) is 11.9 Å². The first-order valence-corrected chi connectivity index (χ1v) is 6.91. The molecule has 1 aliphatic carbocycles. The fourth-order valence-electron chi connectivity index (χ4n) is 2.76. The SMILES string of the molecule is CCCn1cc(NC2CCCC2CN)ccc1=O. The van der Waals surface area contributed by atoms with Crippen LogP contribution in [0.1, 0.15) is 32.6 Å². The Hall–Kier alpha value is -1.29. The van der Waals surface area contributed by atoms with Crippen molar-refractivity contribution >= 4 is 5.69 Å². The van der Waals surface area contributed by atoms with Crippen molar-refractivity contribution in [2.45, 2.75) is 45.2 Å². The van der Waals surface area contributed by atoms with Crippen LogP contribution in [0.4, 0.5) is 5.69 Å². The van der Waals surface area contributed by atoms with Gasteiger partial charge in [0.1, 0.15) is 0 Å². The number of hydrogen-bond acceptors (Lipinski definition) is 3. The Morgan fingerprint density at radius 3 is 3.00 bits per heavy atom. The second-order valence-corrected chi connectivity index (χ2v) is 5.13. The molecule has 1 fully saturated rings. The molecule has 0 spiro atoms. The normalized spacial score (nSPS) is 23.2. The summed E-state index contributed by atoms with van der Waals surface area (Å²) < 4.78 is 1.77. The summed E-state index contributed by atoms with van der Waals surface area (Å²) in [5.74, 6) is 0.566. The average molecular weight is 249 g/mol. The molecule has 0 bridgehead atoms. The number of aryl methyl sites for hydroxylation is 1. The zero-order valence-electron chi connectivity index (χ0n) is 11.1. The minimum absolute atomic E-state index is 0.0733. The third-order valence-electron chi connectivity index (χ3n) is 3.76. The van der Waals surface area contributed by atoms with E-state index >= 15 is 0 Å². The molecule has 1 aliphatic rings. The van der Waals surface area contributed by atoms with Crippen LogP contribution in [-0.2, 0) is 6.54 Å². The molecule has 2 rings (SSSR count). The molecule has 4 nitrogen and oxygen atoms in total. The van der Waals surface area contributed by atoms with Gasteiger partial charge in [0.05, 0.1) is 5.69 Å². The lowest BCUT2D eigenvalue weighted by molar-refractivity contribution is 0.516. The molecular weight excluding hydrogens is 226 g/mol. The smallest absolute Gasteiger partial charge is 0.250 e. The van der Waals surface area contributed by atoms with Gasteiger partial charge in [-0.3, -0.25) is 4.79 Å². The van der Waals surface area contributed by atoms with E-state index in [1.807, 2.05) is 12.3 Å². The van der Waals surface area contributed by atoms with Gasteiger partial charge < -0.3 is 15.6 Å². The summed E-state index contributed by atoms with van der Waals surface area (Å²) in [6.45, 7) is 3.60. The quantitative estimate of drug-likeness (QED) is 0.836. The summed E-state index contributed by atoms with van der Waals surface area (Å²) in [5.41, 5.74) is 6.89. The maximum atomic E-state index is 11.6. The van der Waals surface area contributed by atoms with Crippen LogP contribution in [0.2, 0.25) is 0 Å². The molecule has 1 aromatic heterocycles. The van der Waals surface area contributed by atoms with Crippen molar-refractivity contribution in [3.05, 3.63) is 28.7 Å². The molecule has 0 saturated heterocycles. The van der Waals surface area contributed by atoms with Gasteiger partial charge in [0, 0.05) is 24.8 Å². The van der Waals surface area contributed by atoms with Gasteiger partial charge in [-0.05, 0) is 37.8 Å². The van der Waals surface area contributed by atoms with Crippen LogP contribution in [0.3, 0.4) is 0 Å². The number of nitrogens with one attached hydrogen (secondary N) is 1.